The number of hydrogen-bond donors (Lipinski definition) is 1. The predicted octanol–water partition coefficient (Wildman–Crippen LogP) is 5.50. The van der Waals surface area contributed by atoms with Crippen LogP contribution in [-0.4, -0.2) is 16.8 Å². The summed E-state index contributed by atoms with van der Waals surface area (Å²) in [5.74, 6) is -1.24. The summed E-state index contributed by atoms with van der Waals surface area (Å²) in [7, 11) is 0. The highest BCUT2D eigenvalue weighted by Gasteiger charge is 2.46. The lowest BCUT2D eigenvalue weighted by Gasteiger charge is -2.29. The summed E-state index contributed by atoms with van der Waals surface area (Å²) in [4.78, 5) is 27.8. The maximum absolute atomic E-state index is 13.2. The largest absolute Gasteiger partial charge is 0.503 e. The zero-order chi connectivity index (χ0) is 21.6. The van der Waals surface area contributed by atoms with Gasteiger partial charge in [-0.05, 0) is 28.7 Å². The maximum Gasteiger partial charge on any atom is 0.294 e. The fourth-order valence-electron chi connectivity index (χ4n) is 3.58. The van der Waals surface area contributed by atoms with Crippen LogP contribution >= 0.6 is 0 Å². The lowest BCUT2D eigenvalue weighted by molar-refractivity contribution is -0.123. The van der Waals surface area contributed by atoms with Crippen molar-refractivity contribution in [1.29, 1.82) is 0 Å². The number of nitrogens with zero attached hydrogens (tertiary/aromatic N) is 1. The summed E-state index contributed by atoms with van der Waals surface area (Å²) in [5, 5.41) is 10.7. The SMILES string of the molecule is CC(C)(C)C(=O)C1=C(O)C(=O)N(c2ccc(C(C)(C)C)cc2)C1c1ccccc1. The van der Waals surface area contributed by atoms with Crippen LogP contribution in [0.4, 0.5) is 5.69 Å². The van der Waals surface area contributed by atoms with Gasteiger partial charge in [-0.25, -0.2) is 0 Å². The lowest BCUT2D eigenvalue weighted by atomic mass is 9.82. The van der Waals surface area contributed by atoms with Gasteiger partial charge in [0.15, 0.2) is 11.5 Å². The van der Waals surface area contributed by atoms with Crippen LogP contribution in [0.5, 0.6) is 0 Å². The zero-order valence-electron chi connectivity index (χ0n) is 18.0. The van der Waals surface area contributed by atoms with Crippen molar-refractivity contribution in [2.45, 2.75) is 53.0 Å². The Bertz CT molecular complexity index is 958. The van der Waals surface area contributed by atoms with Crippen LogP contribution in [0.15, 0.2) is 65.9 Å². The number of carbonyl (C=O) groups is 2. The first-order chi connectivity index (χ1) is 13.4. The molecule has 0 radical (unpaired) electrons. The van der Waals surface area contributed by atoms with Crippen molar-refractivity contribution in [3.63, 3.8) is 0 Å². The molecule has 1 aliphatic heterocycles. The van der Waals surface area contributed by atoms with Crippen LogP contribution in [0, 0.1) is 5.41 Å². The minimum absolute atomic E-state index is 0.0138. The van der Waals surface area contributed by atoms with E-state index in [0.717, 1.165) is 11.1 Å². The Balaban J connectivity index is 2.14. The fraction of sp³-hybridized carbons (Fsp3) is 0.360. The van der Waals surface area contributed by atoms with E-state index >= 15 is 0 Å². The Hall–Kier alpha value is -2.88. The molecule has 1 unspecified atom stereocenters. The quantitative estimate of drug-likeness (QED) is 0.752. The third kappa shape index (κ3) is 3.84. The molecule has 1 amide bonds. The third-order valence-electron chi connectivity index (χ3n) is 5.26. The molecule has 1 aliphatic rings. The second kappa shape index (κ2) is 7.18. The summed E-state index contributed by atoms with van der Waals surface area (Å²) < 4.78 is 0. The van der Waals surface area contributed by atoms with Gasteiger partial charge in [-0.2, -0.15) is 0 Å². The summed E-state index contributed by atoms with van der Waals surface area (Å²) in [5.41, 5.74) is 2.02. The Kier molecular flexibility index (Phi) is 5.16. The van der Waals surface area contributed by atoms with Gasteiger partial charge >= 0.3 is 0 Å². The van der Waals surface area contributed by atoms with Crippen molar-refractivity contribution in [1.82, 2.24) is 0 Å². The molecule has 3 rings (SSSR count). The van der Waals surface area contributed by atoms with Gasteiger partial charge in [0.2, 0.25) is 0 Å². The molecule has 4 heteroatoms. The van der Waals surface area contributed by atoms with E-state index in [1.807, 2.05) is 54.6 Å². The van der Waals surface area contributed by atoms with E-state index < -0.39 is 23.1 Å². The van der Waals surface area contributed by atoms with Gasteiger partial charge in [-0.1, -0.05) is 84.0 Å². The molecule has 152 valence electrons. The van der Waals surface area contributed by atoms with E-state index in [2.05, 4.69) is 20.8 Å². The minimum Gasteiger partial charge on any atom is -0.503 e. The van der Waals surface area contributed by atoms with Crippen LogP contribution in [0.2, 0.25) is 0 Å². The van der Waals surface area contributed by atoms with Gasteiger partial charge in [0.25, 0.3) is 5.91 Å². The van der Waals surface area contributed by atoms with Crippen LogP contribution in [-0.2, 0) is 15.0 Å². The predicted molar refractivity (Wildman–Crippen MR) is 116 cm³/mol. The summed E-state index contributed by atoms with van der Waals surface area (Å²) >= 11 is 0. The first-order valence-electron chi connectivity index (χ1n) is 9.90. The second-order valence-electron chi connectivity index (χ2n) is 9.63. The number of amides is 1. The van der Waals surface area contributed by atoms with Gasteiger partial charge in [-0.3, -0.25) is 14.5 Å². The molecule has 2 aromatic rings. The molecule has 1 heterocycles. The molecule has 0 aliphatic carbocycles. The summed E-state index contributed by atoms with van der Waals surface area (Å²) in [6, 6.07) is 16.5. The summed E-state index contributed by atoms with van der Waals surface area (Å²) in [6.07, 6.45) is 0. The summed E-state index contributed by atoms with van der Waals surface area (Å²) in [6.45, 7) is 11.8. The van der Waals surface area contributed by atoms with Crippen molar-refractivity contribution >= 4 is 17.4 Å². The monoisotopic (exact) mass is 391 g/mol. The lowest BCUT2D eigenvalue weighted by Crippen LogP contribution is -2.32. The van der Waals surface area contributed by atoms with Crippen LogP contribution in [0.25, 0.3) is 0 Å². The van der Waals surface area contributed by atoms with Crippen molar-refractivity contribution in [2.75, 3.05) is 4.90 Å². The van der Waals surface area contributed by atoms with E-state index in [-0.39, 0.29) is 16.8 Å². The third-order valence-corrected chi connectivity index (χ3v) is 5.26. The molecular weight excluding hydrogens is 362 g/mol. The molecule has 0 bridgehead atoms. The van der Waals surface area contributed by atoms with E-state index in [9.17, 15) is 14.7 Å². The fourth-order valence-corrected chi connectivity index (χ4v) is 3.58. The van der Waals surface area contributed by atoms with Crippen LogP contribution in [0.3, 0.4) is 0 Å². The van der Waals surface area contributed by atoms with Crippen molar-refractivity contribution < 1.29 is 14.7 Å². The Morgan fingerprint density at radius 1 is 0.897 bits per heavy atom. The van der Waals surface area contributed by atoms with Gasteiger partial charge in [0.1, 0.15) is 0 Å². The normalized spacial score (nSPS) is 17.8. The first-order valence-corrected chi connectivity index (χ1v) is 9.90. The number of rotatable bonds is 3. The highest BCUT2D eigenvalue weighted by molar-refractivity contribution is 6.17. The molecule has 29 heavy (non-hydrogen) atoms. The number of aliphatic hydroxyl groups is 1. The number of benzene rings is 2. The Morgan fingerprint density at radius 2 is 1.45 bits per heavy atom. The molecular formula is C25H29NO3. The number of Topliss-reactive ketones (excluding diaryl/α,β-unsaturated/α-hetero) is 1. The first kappa shape index (κ1) is 20.8. The second-order valence-corrected chi connectivity index (χ2v) is 9.63. The zero-order valence-corrected chi connectivity index (χ0v) is 18.0. The minimum atomic E-state index is -0.720. The average Bonchev–Trinajstić information content (AvgIpc) is 2.91. The van der Waals surface area contributed by atoms with Gasteiger partial charge < -0.3 is 5.11 Å². The number of carbonyl (C=O) groups excluding carboxylic acids is 2. The van der Waals surface area contributed by atoms with E-state index in [1.165, 1.54) is 4.90 Å². The molecule has 0 saturated heterocycles. The Morgan fingerprint density at radius 3 is 1.93 bits per heavy atom. The topological polar surface area (TPSA) is 57.6 Å². The molecule has 4 nitrogen and oxygen atoms in total. The Labute approximate surface area is 172 Å². The van der Waals surface area contributed by atoms with Crippen molar-refractivity contribution in [3.05, 3.63) is 77.1 Å². The number of anilines is 1. The van der Waals surface area contributed by atoms with Gasteiger partial charge in [-0.15, -0.1) is 0 Å². The smallest absolute Gasteiger partial charge is 0.294 e. The molecule has 1 N–H and O–H groups in total. The maximum atomic E-state index is 13.2. The number of hydrogen-bond acceptors (Lipinski definition) is 3. The molecule has 2 aromatic carbocycles. The molecule has 0 saturated carbocycles. The number of ketones is 1. The van der Waals surface area contributed by atoms with E-state index in [1.54, 1.807) is 20.8 Å². The van der Waals surface area contributed by atoms with Gasteiger partial charge in [0, 0.05) is 11.1 Å². The molecule has 0 fully saturated rings. The average molecular weight is 392 g/mol. The van der Waals surface area contributed by atoms with Gasteiger partial charge in [0.05, 0.1) is 11.6 Å². The van der Waals surface area contributed by atoms with Crippen molar-refractivity contribution in [3.8, 4) is 0 Å². The number of aliphatic hydroxyl groups excluding tert-OH is 1. The highest BCUT2D eigenvalue weighted by atomic mass is 16.3. The standard InChI is InChI=1S/C25H29NO3/c1-24(2,3)17-12-14-18(15-13-17)26-20(16-10-8-7-9-11-16)19(21(27)23(26)29)22(28)25(4,5)6/h7-15,20,27H,1-6H3. The molecule has 0 spiro atoms. The molecule has 0 aromatic heterocycles. The van der Waals surface area contributed by atoms with E-state index in [4.69, 9.17) is 0 Å². The van der Waals surface area contributed by atoms with Crippen LogP contribution in [0.1, 0.15) is 58.7 Å². The van der Waals surface area contributed by atoms with E-state index in [0.29, 0.717) is 5.69 Å². The van der Waals surface area contributed by atoms with Crippen LogP contribution < -0.4 is 4.90 Å². The highest BCUT2D eigenvalue weighted by Crippen LogP contribution is 2.43. The molecule has 1 atom stereocenters. The van der Waals surface area contributed by atoms with Crippen molar-refractivity contribution in [2.24, 2.45) is 5.41 Å².